The van der Waals surface area contributed by atoms with E-state index in [0.29, 0.717) is 0 Å². The molecule has 7 heteroatoms. The minimum atomic E-state index is 0. The van der Waals surface area contributed by atoms with Crippen molar-refractivity contribution in [1.29, 1.82) is 10.5 Å². The molecule has 0 N–H and O–H groups in total. The van der Waals surface area contributed by atoms with Gasteiger partial charge in [-0.15, -0.1) is 0 Å². The Kier molecular flexibility index (Phi) is 26.0. The molecule has 0 spiro atoms. The van der Waals surface area contributed by atoms with Crippen molar-refractivity contribution in [1.82, 2.24) is 0 Å². The molecule has 368 valence electrons. The number of hydrogen-bond acceptors (Lipinski definition) is 2. The number of nitrogens with zero attached hydrogens (tertiary/aromatic N) is 6. The third-order valence-corrected chi connectivity index (χ3v) is 11.1. The smallest absolute Gasteiger partial charge is 0.512 e. The first-order valence-electron chi connectivity index (χ1n) is 23.2. The van der Waals surface area contributed by atoms with Crippen molar-refractivity contribution in [3.05, 3.63) is 176 Å². The molecule has 0 amide bonds. The van der Waals surface area contributed by atoms with Gasteiger partial charge in [0.05, 0.1) is 26.3 Å². The van der Waals surface area contributed by atoms with Gasteiger partial charge in [0.15, 0.2) is 22.7 Å². The second-order valence-electron chi connectivity index (χ2n) is 25.3. The Morgan fingerprint density at radius 1 is 0.246 bits per heavy atom. The molecule has 69 heavy (non-hydrogen) atoms. The predicted molar refractivity (Wildman–Crippen MR) is 290 cm³/mol. The summed E-state index contributed by atoms with van der Waals surface area (Å²) in [6, 6.07) is 24.8. The molecule has 0 aliphatic rings. The maximum atomic E-state index is 7.41. The molecule has 0 aliphatic carbocycles. The molecule has 0 fully saturated rings. The van der Waals surface area contributed by atoms with Crippen molar-refractivity contribution in [2.24, 2.45) is 0 Å². The Bertz CT molecular complexity index is 2010. The summed E-state index contributed by atoms with van der Waals surface area (Å²) >= 11 is 0. The fourth-order valence-electron chi connectivity index (χ4n) is 7.50. The molecule has 6 nitrogen and oxygen atoms in total. The van der Waals surface area contributed by atoms with Crippen LogP contribution in [0.25, 0.3) is 19.4 Å². The molecule has 4 rings (SSSR count). The molecule has 0 aromatic heterocycles. The summed E-state index contributed by atoms with van der Waals surface area (Å²) in [4.78, 5) is 15.0. The average molecular weight is 1100 g/mol. The zero-order chi connectivity index (χ0) is 54.2. The van der Waals surface area contributed by atoms with Crippen molar-refractivity contribution in [3.63, 3.8) is 0 Å². The largest absolute Gasteiger partial charge is 4.00 e. The maximum absolute atomic E-state index is 7.41. The van der Waals surface area contributed by atoms with E-state index in [1.807, 2.05) is 0 Å². The molecule has 0 bridgehead atoms. The molecular weight excluding hydrogens is 1020 g/mol. The van der Waals surface area contributed by atoms with Crippen molar-refractivity contribution in [2.45, 2.75) is 209 Å². The number of para-hydroxylation sites is 4. The number of benzene rings is 4. The van der Waals surface area contributed by atoms with Gasteiger partial charge in [-0.25, -0.2) is 19.4 Å². The monoisotopic (exact) mass is 1100 g/mol. The molecule has 0 aliphatic heterocycles. The molecule has 0 saturated heterocycles. The van der Waals surface area contributed by atoms with Crippen molar-refractivity contribution >= 4 is 22.7 Å². The van der Waals surface area contributed by atoms with E-state index < -0.39 is 0 Å². The van der Waals surface area contributed by atoms with E-state index in [4.69, 9.17) is 50.0 Å². The SMILES string of the molecule is [C-]#N.[C-]#N.[C-]#[N+]c1c(C(C)(C)C)cccc1C(C)(C)C.[C-]#[N+]c1c(C(C)(C)C)cccc1C(C)(C)C.[C-]#[N+]c1c(C(C)(C)C)cccc1C(C)(C)C.[C-]#[N+]c1c(C(C)(C)C)cccc1C(C)(C)C.[Os+4]. The van der Waals surface area contributed by atoms with Crippen LogP contribution >= 0.6 is 0 Å². The fourth-order valence-corrected chi connectivity index (χ4v) is 7.50. The van der Waals surface area contributed by atoms with Gasteiger partial charge in [-0.1, -0.05) is 239 Å². The Hall–Kier alpha value is -5.54. The number of hydrogen-bond donors (Lipinski definition) is 0. The molecule has 0 unspecified atom stereocenters. The van der Waals surface area contributed by atoms with E-state index in [0.717, 1.165) is 67.3 Å². The third-order valence-electron chi connectivity index (χ3n) is 11.1. The van der Waals surface area contributed by atoms with E-state index in [2.05, 4.69) is 258 Å². The molecule has 0 heterocycles. The van der Waals surface area contributed by atoms with Gasteiger partial charge in [0, 0.05) is 0 Å². The minimum Gasteiger partial charge on any atom is -0.512 e. The second kappa shape index (κ2) is 26.4. The van der Waals surface area contributed by atoms with Crippen LogP contribution in [0.2, 0.25) is 0 Å². The van der Waals surface area contributed by atoms with Crippen LogP contribution in [0.4, 0.5) is 22.7 Å². The normalized spacial score (nSPS) is 11.5. The maximum Gasteiger partial charge on any atom is 4.00 e. The van der Waals surface area contributed by atoms with Gasteiger partial charge in [0.1, 0.15) is 0 Å². The molecule has 4 aromatic rings. The van der Waals surface area contributed by atoms with Crippen LogP contribution in [0.1, 0.15) is 211 Å². The van der Waals surface area contributed by atoms with Crippen LogP contribution in [0.15, 0.2) is 72.8 Å². The third kappa shape index (κ3) is 20.1. The standard InChI is InChI=1S/4C15H21N.2CN.Os/c4*1-14(2,3)11-9-8-10-12(13(11)16-7)15(4,5)6;2*1-2;/h4*8-10H,1-6H3;;;/q;;;;2*-1;+4. The Balaban J connectivity index is -0.000000817. The van der Waals surface area contributed by atoms with Gasteiger partial charge in [-0.05, 0) is 87.8 Å². The Morgan fingerprint density at radius 2 is 0.333 bits per heavy atom. The molecule has 0 atom stereocenters. The first kappa shape index (κ1) is 67.7. The Morgan fingerprint density at radius 3 is 0.391 bits per heavy atom. The van der Waals surface area contributed by atoms with Crippen LogP contribution < -0.4 is 0 Å². The van der Waals surface area contributed by atoms with Gasteiger partial charge in [0.2, 0.25) is 0 Å². The summed E-state index contributed by atoms with van der Waals surface area (Å²) in [5.74, 6) is 0. The van der Waals surface area contributed by atoms with E-state index in [-0.39, 0.29) is 63.1 Å². The molecule has 0 saturated carbocycles. The second-order valence-corrected chi connectivity index (χ2v) is 25.3. The zero-order valence-electron chi connectivity index (χ0n) is 47.0. The number of rotatable bonds is 0. The Labute approximate surface area is 436 Å². The van der Waals surface area contributed by atoms with Crippen LogP contribution in [0.3, 0.4) is 0 Å². The van der Waals surface area contributed by atoms with E-state index >= 15 is 0 Å². The van der Waals surface area contributed by atoms with E-state index in [9.17, 15) is 0 Å². The van der Waals surface area contributed by atoms with Crippen LogP contribution in [0.5, 0.6) is 0 Å². The molecule has 4 aromatic carbocycles. The van der Waals surface area contributed by atoms with Crippen LogP contribution in [0, 0.1) is 50.0 Å². The van der Waals surface area contributed by atoms with E-state index in [1.165, 1.54) is 0 Å². The van der Waals surface area contributed by atoms with Crippen molar-refractivity contribution < 1.29 is 19.8 Å². The summed E-state index contributed by atoms with van der Waals surface area (Å²) in [5, 5.41) is 12.5. The predicted octanol–water partition coefficient (Wildman–Crippen LogP) is 19.5. The zero-order valence-corrected chi connectivity index (χ0v) is 49.5. The summed E-state index contributed by atoms with van der Waals surface area (Å²) in [5.41, 5.74) is 12.8. The summed E-state index contributed by atoms with van der Waals surface area (Å²) in [6.07, 6.45) is 0. The van der Waals surface area contributed by atoms with Gasteiger partial charge in [-0.3, -0.25) is 0 Å². The fraction of sp³-hybridized carbons (Fsp3) is 0.516. The van der Waals surface area contributed by atoms with Gasteiger partial charge in [-0.2, -0.15) is 0 Å². The first-order chi connectivity index (χ1) is 30.7. The topological polar surface area (TPSA) is 65.0 Å². The van der Waals surface area contributed by atoms with Crippen LogP contribution in [-0.2, 0) is 63.1 Å². The minimum absolute atomic E-state index is 0. The van der Waals surface area contributed by atoms with Crippen molar-refractivity contribution in [3.8, 4) is 0 Å². The van der Waals surface area contributed by atoms with Crippen molar-refractivity contribution in [2.75, 3.05) is 0 Å². The van der Waals surface area contributed by atoms with Crippen LogP contribution in [-0.4, -0.2) is 0 Å². The molecular formula is C62H84N6Os+2. The van der Waals surface area contributed by atoms with Gasteiger partial charge < -0.3 is 23.7 Å². The summed E-state index contributed by atoms with van der Waals surface area (Å²) < 4.78 is 0. The quantitative estimate of drug-likeness (QED) is 0.165. The van der Waals surface area contributed by atoms with Gasteiger partial charge in [0.25, 0.3) is 0 Å². The first-order valence-corrected chi connectivity index (χ1v) is 23.2. The summed E-state index contributed by atoms with van der Waals surface area (Å²) in [7, 11) is 0. The molecule has 0 radical (unpaired) electrons. The summed E-state index contributed by atoms with van der Waals surface area (Å²) in [6.45, 7) is 90.9. The van der Waals surface area contributed by atoms with E-state index in [1.54, 1.807) is 0 Å². The average Bonchev–Trinajstić information content (AvgIpc) is 3.22. The van der Waals surface area contributed by atoms with Gasteiger partial charge >= 0.3 is 19.8 Å².